The van der Waals surface area contributed by atoms with Gasteiger partial charge in [-0.2, -0.15) is 0 Å². The van der Waals surface area contributed by atoms with Gasteiger partial charge in [-0.1, -0.05) is 0 Å². The van der Waals surface area contributed by atoms with E-state index in [0.29, 0.717) is 6.42 Å². The Bertz CT molecular complexity index is 190. The van der Waals surface area contributed by atoms with Crippen LogP contribution in [0.25, 0.3) is 0 Å². The van der Waals surface area contributed by atoms with E-state index in [0.717, 1.165) is 0 Å². The Hall–Kier alpha value is -0.280. The second-order valence-electron chi connectivity index (χ2n) is 4.53. The Balaban J connectivity index is 4.41. The van der Waals surface area contributed by atoms with Crippen molar-refractivity contribution in [1.82, 2.24) is 4.84 Å². The maximum atomic E-state index is 11.3. The van der Waals surface area contributed by atoms with Gasteiger partial charge >= 0.3 is 5.97 Å². The first kappa shape index (κ1) is 12.7. The zero-order valence-electron chi connectivity index (χ0n) is 8.90. The van der Waals surface area contributed by atoms with Crippen LogP contribution in [-0.2, 0) is 9.53 Å². The fourth-order valence-corrected chi connectivity index (χ4v) is 1.55. The standard InChI is InChI=1S/C9H18ClNO2/c1-8(2,7(12)13-5)6-9(3,4)11-10/h11H,6H2,1-5H3. The summed E-state index contributed by atoms with van der Waals surface area (Å²) in [5.41, 5.74) is -0.792. The topological polar surface area (TPSA) is 38.3 Å². The molecule has 1 N–H and O–H groups in total. The van der Waals surface area contributed by atoms with Gasteiger partial charge < -0.3 is 4.74 Å². The summed E-state index contributed by atoms with van der Waals surface area (Å²) in [4.78, 5) is 14.0. The molecule has 0 spiro atoms. The minimum absolute atomic E-state index is 0.215. The molecular formula is C9H18ClNO2. The molecule has 0 heterocycles. The second-order valence-corrected chi connectivity index (χ2v) is 4.72. The minimum atomic E-state index is -0.514. The molecular weight excluding hydrogens is 190 g/mol. The van der Waals surface area contributed by atoms with Crippen molar-refractivity contribution in [2.24, 2.45) is 5.41 Å². The number of carbonyl (C=O) groups is 1. The summed E-state index contributed by atoms with van der Waals surface area (Å²) in [5.74, 6) is -0.215. The molecule has 0 atom stereocenters. The lowest BCUT2D eigenvalue weighted by atomic mass is 9.80. The van der Waals surface area contributed by atoms with Gasteiger partial charge in [0.25, 0.3) is 0 Å². The highest BCUT2D eigenvalue weighted by atomic mass is 35.5. The van der Waals surface area contributed by atoms with Crippen LogP contribution in [0.5, 0.6) is 0 Å². The lowest BCUT2D eigenvalue weighted by Gasteiger charge is -2.31. The average molecular weight is 208 g/mol. The van der Waals surface area contributed by atoms with Crippen LogP contribution in [0, 0.1) is 5.41 Å². The highest BCUT2D eigenvalue weighted by Gasteiger charge is 2.35. The monoisotopic (exact) mass is 207 g/mol. The number of ether oxygens (including phenoxy) is 1. The maximum Gasteiger partial charge on any atom is 0.311 e. The molecule has 0 rings (SSSR count). The van der Waals surface area contributed by atoms with Gasteiger partial charge in [0.15, 0.2) is 0 Å². The summed E-state index contributed by atoms with van der Waals surface area (Å²) in [5, 5.41) is 0. The van der Waals surface area contributed by atoms with E-state index in [1.807, 2.05) is 27.7 Å². The van der Waals surface area contributed by atoms with E-state index in [-0.39, 0.29) is 11.5 Å². The van der Waals surface area contributed by atoms with E-state index in [1.165, 1.54) is 7.11 Å². The first-order valence-electron chi connectivity index (χ1n) is 4.21. The highest BCUT2D eigenvalue weighted by Crippen LogP contribution is 2.29. The molecule has 0 radical (unpaired) electrons. The molecule has 0 saturated carbocycles. The van der Waals surface area contributed by atoms with Crippen LogP contribution in [0.2, 0.25) is 0 Å². The highest BCUT2D eigenvalue weighted by molar-refractivity contribution is 6.13. The van der Waals surface area contributed by atoms with Crippen molar-refractivity contribution in [3.8, 4) is 0 Å². The zero-order valence-corrected chi connectivity index (χ0v) is 9.66. The molecule has 0 aromatic rings. The normalized spacial score (nSPS) is 12.8. The third-order valence-electron chi connectivity index (χ3n) is 1.88. The molecule has 0 saturated heterocycles. The summed E-state index contributed by atoms with van der Waals surface area (Å²) in [6.07, 6.45) is 0.621. The van der Waals surface area contributed by atoms with Gasteiger partial charge in [0, 0.05) is 5.54 Å². The molecule has 0 aliphatic carbocycles. The van der Waals surface area contributed by atoms with E-state index >= 15 is 0 Å². The number of halogens is 1. The van der Waals surface area contributed by atoms with Crippen molar-refractivity contribution in [1.29, 1.82) is 0 Å². The van der Waals surface area contributed by atoms with Gasteiger partial charge in [-0.3, -0.25) is 4.79 Å². The van der Waals surface area contributed by atoms with Crippen LogP contribution >= 0.6 is 11.8 Å². The number of esters is 1. The third-order valence-corrected chi connectivity index (χ3v) is 2.39. The number of rotatable bonds is 4. The van der Waals surface area contributed by atoms with Gasteiger partial charge in [-0.25, -0.2) is 4.84 Å². The summed E-state index contributed by atoms with van der Waals surface area (Å²) in [6, 6.07) is 0. The number of carbonyl (C=O) groups excluding carboxylic acids is 1. The fourth-order valence-electron chi connectivity index (χ4n) is 1.49. The molecule has 0 aromatic heterocycles. The first-order chi connectivity index (χ1) is 5.75. The SMILES string of the molecule is COC(=O)C(C)(C)CC(C)(C)NCl. The smallest absolute Gasteiger partial charge is 0.311 e. The van der Waals surface area contributed by atoms with Crippen molar-refractivity contribution in [2.75, 3.05) is 7.11 Å². The molecule has 0 amide bonds. The molecule has 78 valence electrons. The summed E-state index contributed by atoms with van der Waals surface area (Å²) >= 11 is 5.55. The van der Waals surface area contributed by atoms with E-state index in [1.54, 1.807) is 0 Å². The Morgan fingerprint density at radius 2 is 1.85 bits per heavy atom. The van der Waals surface area contributed by atoms with Gasteiger partial charge in [0.05, 0.1) is 12.5 Å². The molecule has 0 aliphatic rings. The largest absolute Gasteiger partial charge is 0.469 e. The van der Waals surface area contributed by atoms with Crippen LogP contribution in [0.15, 0.2) is 0 Å². The molecule has 3 nitrogen and oxygen atoms in total. The van der Waals surface area contributed by atoms with E-state index < -0.39 is 5.41 Å². The summed E-state index contributed by atoms with van der Waals surface area (Å²) in [7, 11) is 1.39. The molecule has 0 aromatic carbocycles. The molecule has 0 bridgehead atoms. The lowest BCUT2D eigenvalue weighted by molar-refractivity contribution is -0.151. The van der Waals surface area contributed by atoms with Crippen LogP contribution in [0.4, 0.5) is 0 Å². The average Bonchev–Trinajstić information content (AvgIpc) is 2.01. The van der Waals surface area contributed by atoms with Gasteiger partial charge in [-0.05, 0) is 45.9 Å². The van der Waals surface area contributed by atoms with Crippen LogP contribution in [0.1, 0.15) is 34.1 Å². The number of hydrogen-bond acceptors (Lipinski definition) is 3. The predicted molar refractivity (Wildman–Crippen MR) is 53.5 cm³/mol. The fraction of sp³-hybridized carbons (Fsp3) is 0.889. The number of methoxy groups -OCH3 is 1. The van der Waals surface area contributed by atoms with Crippen LogP contribution in [0.3, 0.4) is 0 Å². The Morgan fingerprint density at radius 1 is 1.38 bits per heavy atom. The minimum Gasteiger partial charge on any atom is -0.469 e. The van der Waals surface area contributed by atoms with Gasteiger partial charge in [0.1, 0.15) is 0 Å². The molecule has 0 unspecified atom stereocenters. The Morgan fingerprint density at radius 3 is 2.15 bits per heavy atom. The molecule has 4 heteroatoms. The molecule has 0 aliphatic heterocycles. The molecule has 0 fully saturated rings. The van der Waals surface area contributed by atoms with Crippen molar-refractivity contribution in [2.45, 2.75) is 39.7 Å². The quantitative estimate of drug-likeness (QED) is 0.567. The summed E-state index contributed by atoms with van der Waals surface area (Å²) in [6.45, 7) is 7.55. The zero-order chi connectivity index (χ0) is 10.7. The van der Waals surface area contributed by atoms with Crippen LogP contribution < -0.4 is 4.84 Å². The van der Waals surface area contributed by atoms with E-state index in [4.69, 9.17) is 16.5 Å². The molecule has 13 heavy (non-hydrogen) atoms. The van der Waals surface area contributed by atoms with E-state index in [9.17, 15) is 4.79 Å². The maximum absolute atomic E-state index is 11.3. The van der Waals surface area contributed by atoms with Crippen molar-refractivity contribution >= 4 is 17.7 Å². The van der Waals surface area contributed by atoms with Crippen molar-refractivity contribution in [3.63, 3.8) is 0 Å². The predicted octanol–water partition coefficient (Wildman–Crippen LogP) is 2.10. The number of nitrogens with one attached hydrogen (secondary N) is 1. The first-order valence-corrected chi connectivity index (χ1v) is 4.59. The van der Waals surface area contributed by atoms with Gasteiger partial charge in [-0.15, -0.1) is 0 Å². The lowest BCUT2D eigenvalue weighted by Crippen LogP contribution is -2.41. The van der Waals surface area contributed by atoms with Crippen LogP contribution in [-0.4, -0.2) is 18.6 Å². The van der Waals surface area contributed by atoms with E-state index in [2.05, 4.69) is 4.84 Å². The second kappa shape index (κ2) is 4.29. The third kappa shape index (κ3) is 3.96. The summed E-state index contributed by atoms with van der Waals surface area (Å²) < 4.78 is 4.70. The Kier molecular flexibility index (Phi) is 4.20. The number of hydrogen-bond donors (Lipinski definition) is 1. The van der Waals surface area contributed by atoms with Crippen molar-refractivity contribution in [3.05, 3.63) is 0 Å². The Labute approximate surface area is 84.9 Å². The van der Waals surface area contributed by atoms with Crippen molar-refractivity contribution < 1.29 is 9.53 Å². The van der Waals surface area contributed by atoms with Gasteiger partial charge in [0.2, 0.25) is 0 Å².